The summed E-state index contributed by atoms with van der Waals surface area (Å²) in [7, 11) is 1.84. The monoisotopic (exact) mass is 316 g/mol. The molecule has 124 valence electrons. The van der Waals surface area contributed by atoms with Crippen molar-refractivity contribution in [1.82, 2.24) is 10.6 Å². The third kappa shape index (κ3) is 5.69. The van der Waals surface area contributed by atoms with Gasteiger partial charge in [-0.2, -0.15) is 0 Å². The van der Waals surface area contributed by atoms with Gasteiger partial charge >= 0.3 is 0 Å². The van der Waals surface area contributed by atoms with Crippen LogP contribution in [-0.4, -0.2) is 31.7 Å². The van der Waals surface area contributed by atoms with E-state index in [2.05, 4.69) is 22.5 Å². The molecule has 0 spiro atoms. The quantitative estimate of drug-likeness (QED) is 0.626. The molecule has 0 fully saturated rings. The van der Waals surface area contributed by atoms with Crippen molar-refractivity contribution >= 4 is 5.91 Å². The standard InChI is InChI=1S/C19H25FN2O/c1-21-13-14-22-18(23)17-9-7-16(8-10-17)15-19(20)11-5-3-2-4-6-12-19/h7-10,21H,2-5,11,13-15H2,1H3,(H,22,23). The van der Waals surface area contributed by atoms with Gasteiger partial charge in [-0.1, -0.05) is 30.4 Å². The third-order valence-corrected chi connectivity index (χ3v) is 4.05. The summed E-state index contributed by atoms with van der Waals surface area (Å²) < 4.78 is 14.9. The summed E-state index contributed by atoms with van der Waals surface area (Å²) in [5, 5.41) is 5.80. The Morgan fingerprint density at radius 3 is 2.74 bits per heavy atom. The normalized spacial score (nSPS) is 20.8. The summed E-state index contributed by atoms with van der Waals surface area (Å²) in [5.74, 6) is 5.67. The summed E-state index contributed by atoms with van der Waals surface area (Å²) in [6, 6.07) is 7.16. The third-order valence-electron chi connectivity index (χ3n) is 4.05. The molecule has 1 unspecified atom stereocenters. The Labute approximate surface area is 138 Å². The number of halogens is 1. The van der Waals surface area contributed by atoms with Crippen molar-refractivity contribution in [2.45, 2.75) is 44.2 Å². The minimum Gasteiger partial charge on any atom is -0.351 e. The van der Waals surface area contributed by atoms with Crippen LogP contribution in [0.15, 0.2) is 24.3 Å². The highest BCUT2D eigenvalue weighted by Gasteiger charge is 2.27. The lowest BCUT2D eigenvalue weighted by Crippen LogP contribution is -2.30. The first-order valence-electron chi connectivity index (χ1n) is 8.34. The largest absolute Gasteiger partial charge is 0.351 e. The van der Waals surface area contributed by atoms with Gasteiger partial charge in [-0.25, -0.2) is 4.39 Å². The highest BCUT2D eigenvalue weighted by molar-refractivity contribution is 5.94. The summed E-state index contributed by atoms with van der Waals surface area (Å²) in [6.45, 7) is 1.31. The second kappa shape index (κ2) is 8.69. The maximum atomic E-state index is 14.9. The number of amides is 1. The molecule has 2 N–H and O–H groups in total. The highest BCUT2D eigenvalue weighted by Crippen LogP contribution is 2.26. The van der Waals surface area contributed by atoms with E-state index in [1.54, 1.807) is 12.1 Å². The average Bonchev–Trinajstić information content (AvgIpc) is 2.52. The van der Waals surface area contributed by atoms with Crippen molar-refractivity contribution in [2.24, 2.45) is 0 Å². The molecule has 3 nitrogen and oxygen atoms in total. The van der Waals surface area contributed by atoms with Crippen molar-refractivity contribution in [3.05, 3.63) is 35.4 Å². The second-order valence-corrected chi connectivity index (χ2v) is 6.06. The van der Waals surface area contributed by atoms with E-state index in [0.29, 0.717) is 24.9 Å². The number of benzene rings is 1. The molecule has 0 saturated carbocycles. The Bertz CT molecular complexity index is 573. The summed E-state index contributed by atoms with van der Waals surface area (Å²) in [5.41, 5.74) is 0.0486. The number of hydrogen-bond acceptors (Lipinski definition) is 2. The lowest BCUT2D eigenvalue weighted by atomic mass is 9.89. The van der Waals surface area contributed by atoms with Gasteiger partial charge in [-0.3, -0.25) is 4.79 Å². The first kappa shape index (κ1) is 17.5. The van der Waals surface area contributed by atoms with Crippen LogP contribution in [0, 0.1) is 11.8 Å². The molecule has 0 aromatic heterocycles. The van der Waals surface area contributed by atoms with Crippen LogP contribution in [0.1, 0.15) is 48.0 Å². The number of rotatable bonds is 6. The topological polar surface area (TPSA) is 41.1 Å². The molecule has 0 aliphatic heterocycles. The van der Waals surface area contributed by atoms with Gasteiger partial charge in [-0.05, 0) is 44.0 Å². The molecular weight excluding hydrogens is 291 g/mol. The Hall–Kier alpha value is -1.86. The SMILES string of the molecule is CNCCNC(=O)c1ccc(CC2(F)C#CCCCCC2)cc1. The van der Waals surface area contributed by atoms with Gasteiger partial charge in [0.15, 0.2) is 5.67 Å². The van der Waals surface area contributed by atoms with Gasteiger partial charge in [0.25, 0.3) is 5.91 Å². The van der Waals surface area contributed by atoms with Gasteiger partial charge in [0, 0.05) is 31.5 Å². The lowest BCUT2D eigenvalue weighted by molar-refractivity contribution is 0.0954. The lowest BCUT2D eigenvalue weighted by Gasteiger charge is -2.21. The molecule has 4 heteroatoms. The van der Waals surface area contributed by atoms with Crippen molar-refractivity contribution in [2.75, 3.05) is 20.1 Å². The molecular formula is C19H25FN2O. The molecule has 0 saturated heterocycles. The van der Waals surface area contributed by atoms with Crippen LogP contribution in [0.3, 0.4) is 0 Å². The molecule has 1 aromatic carbocycles. The van der Waals surface area contributed by atoms with Gasteiger partial charge < -0.3 is 10.6 Å². The first-order valence-corrected chi connectivity index (χ1v) is 8.34. The molecule has 1 aliphatic rings. The van der Waals surface area contributed by atoms with Crippen molar-refractivity contribution in [1.29, 1.82) is 0 Å². The van der Waals surface area contributed by atoms with Gasteiger partial charge in [0.05, 0.1) is 0 Å². The Morgan fingerprint density at radius 2 is 2.00 bits per heavy atom. The highest BCUT2D eigenvalue weighted by atomic mass is 19.1. The van der Waals surface area contributed by atoms with E-state index < -0.39 is 5.67 Å². The van der Waals surface area contributed by atoms with Crippen molar-refractivity contribution in [3.63, 3.8) is 0 Å². The van der Waals surface area contributed by atoms with Crippen LogP contribution in [0.2, 0.25) is 0 Å². The number of carbonyl (C=O) groups is 1. The minimum absolute atomic E-state index is 0.104. The molecule has 1 atom stereocenters. The number of alkyl halides is 1. The second-order valence-electron chi connectivity index (χ2n) is 6.06. The maximum absolute atomic E-state index is 14.9. The summed E-state index contributed by atoms with van der Waals surface area (Å²) in [4.78, 5) is 11.9. The predicted molar refractivity (Wildman–Crippen MR) is 91.1 cm³/mol. The van der Waals surface area contributed by atoms with Crippen molar-refractivity contribution < 1.29 is 9.18 Å². The van der Waals surface area contributed by atoms with Crippen LogP contribution < -0.4 is 10.6 Å². The molecule has 23 heavy (non-hydrogen) atoms. The zero-order valence-electron chi connectivity index (χ0n) is 13.8. The number of likely N-dealkylation sites (N-methyl/N-ethyl adjacent to an activating group) is 1. The molecule has 1 aliphatic carbocycles. The Morgan fingerprint density at radius 1 is 1.22 bits per heavy atom. The molecule has 0 heterocycles. The van der Waals surface area contributed by atoms with Gasteiger partial charge in [-0.15, -0.1) is 0 Å². The van der Waals surface area contributed by atoms with E-state index in [0.717, 1.165) is 37.8 Å². The number of carbonyl (C=O) groups excluding carboxylic acids is 1. The molecule has 1 aromatic rings. The molecule has 0 bridgehead atoms. The number of hydrogen-bond donors (Lipinski definition) is 2. The van der Waals surface area contributed by atoms with Crippen LogP contribution >= 0.6 is 0 Å². The average molecular weight is 316 g/mol. The van der Waals surface area contributed by atoms with Crippen LogP contribution in [0.5, 0.6) is 0 Å². The smallest absolute Gasteiger partial charge is 0.251 e. The van der Waals surface area contributed by atoms with Crippen LogP contribution in [-0.2, 0) is 6.42 Å². The van der Waals surface area contributed by atoms with E-state index in [4.69, 9.17) is 0 Å². The van der Waals surface area contributed by atoms with E-state index in [1.807, 2.05) is 19.2 Å². The van der Waals surface area contributed by atoms with E-state index in [9.17, 15) is 9.18 Å². The summed E-state index contributed by atoms with van der Waals surface area (Å²) in [6.07, 6.45) is 4.58. The Balaban J connectivity index is 1.97. The molecule has 0 radical (unpaired) electrons. The summed E-state index contributed by atoms with van der Waals surface area (Å²) >= 11 is 0. The fourth-order valence-corrected chi connectivity index (χ4v) is 2.71. The predicted octanol–water partition coefficient (Wildman–Crippen LogP) is 2.85. The zero-order chi connectivity index (χ0) is 16.5. The minimum atomic E-state index is -1.43. The first-order chi connectivity index (χ1) is 11.1. The van der Waals surface area contributed by atoms with E-state index >= 15 is 0 Å². The van der Waals surface area contributed by atoms with E-state index in [-0.39, 0.29) is 5.91 Å². The van der Waals surface area contributed by atoms with Gasteiger partial charge in [0.2, 0.25) is 0 Å². The fraction of sp³-hybridized carbons (Fsp3) is 0.526. The molecule has 1 amide bonds. The fourth-order valence-electron chi connectivity index (χ4n) is 2.71. The van der Waals surface area contributed by atoms with Crippen LogP contribution in [0.25, 0.3) is 0 Å². The van der Waals surface area contributed by atoms with E-state index in [1.165, 1.54) is 0 Å². The zero-order valence-corrected chi connectivity index (χ0v) is 13.8. The van der Waals surface area contributed by atoms with Gasteiger partial charge in [0.1, 0.15) is 0 Å². The van der Waals surface area contributed by atoms with Crippen molar-refractivity contribution in [3.8, 4) is 11.8 Å². The number of nitrogens with one attached hydrogen (secondary N) is 2. The molecule has 2 rings (SSSR count). The van der Waals surface area contributed by atoms with Crippen LogP contribution in [0.4, 0.5) is 4.39 Å². The maximum Gasteiger partial charge on any atom is 0.251 e. The Kier molecular flexibility index (Phi) is 6.61.